The summed E-state index contributed by atoms with van der Waals surface area (Å²) in [4.78, 5) is 43.5. The summed E-state index contributed by atoms with van der Waals surface area (Å²) >= 11 is 2.97. The zero-order valence-corrected chi connectivity index (χ0v) is 25.3. The zero-order valence-electron chi connectivity index (χ0n) is 23.6. The molecule has 0 amide bonds. The van der Waals surface area contributed by atoms with Gasteiger partial charge < -0.3 is 9.74 Å². The maximum absolute atomic E-state index is 12.4. The molecule has 0 saturated carbocycles. The highest BCUT2D eigenvalue weighted by Gasteiger charge is 2.34. The van der Waals surface area contributed by atoms with E-state index in [2.05, 4.69) is 10.1 Å². The van der Waals surface area contributed by atoms with Gasteiger partial charge in [0.1, 0.15) is 5.71 Å². The lowest BCUT2D eigenvalue weighted by molar-refractivity contribution is -0.386. The molecule has 0 saturated heterocycles. The summed E-state index contributed by atoms with van der Waals surface area (Å²) in [5, 5.41) is 28.1. The summed E-state index contributed by atoms with van der Waals surface area (Å²) < 4.78 is 0. The van der Waals surface area contributed by atoms with Crippen molar-refractivity contribution in [3.63, 3.8) is 0 Å². The number of nitro benzene ring substituents is 2. The van der Waals surface area contributed by atoms with E-state index in [1.807, 2.05) is 51.1 Å². The average molecular weight is 617 g/mol. The van der Waals surface area contributed by atoms with E-state index in [0.29, 0.717) is 34.7 Å². The maximum Gasteiger partial charge on any atom is 0.367 e. The third-order valence-electron chi connectivity index (χ3n) is 6.87. The molecule has 2 heterocycles. The summed E-state index contributed by atoms with van der Waals surface area (Å²) in [5.74, 6) is -0.0105. The Hall–Kier alpha value is -4.42. The van der Waals surface area contributed by atoms with Crippen LogP contribution in [0.25, 0.3) is 0 Å². The Morgan fingerprint density at radius 1 is 0.930 bits per heavy atom. The van der Waals surface area contributed by atoms with E-state index in [-0.39, 0.29) is 16.8 Å². The molecule has 0 unspecified atom stereocenters. The second-order valence-corrected chi connectivity index (χ2v) is 13.0. The molecule has 0 aromatic heterocycles. The molecule has 0 spiro atoms. The second-order valence-electron chi connectivity index (χ2n) is 10.8. The van der Waals surface area contributed by atoms with E-state index in [1.165, 1.54) is 23.9 Å². The van der Waals surface area contributed by atoms with Gasteiger partial charge in [-0.15, -0.1) is 11.8 Å². The van der Waals surface area contributed by atoms with E-state index < -0.39 is 21.1 Å². The quantitative estimate of drug-likeness (QED) is 0.103. The number of benzene rings is 3. The number of carbonyl (C=O) groups excluding carboxylic acids is 1. The Morgan fingerprint density at radius 3 is 2.12 bits per heavy atom. The van der Waals surface area contributed by atoms with Crippen molar-refractivity contribution in [3.05, 3.63) is 127 Å². The summed E-state index contributed by atoms with van der Waals surface area (Å²) in [7, 11) is 0. The van der Waals surface area contributed by atoms with Gasteiger partial charge in [-0.25, -0.2) is 4.79 Å². The molecule has 3 aromatic carbocycles. The molecule has 220 valence electrons. The van der Waals surface area contributed by atoms with Crippen LogP contribution in [0.4, 0.5) is 17.1 Å². The third-order valence-corrected chi connectivity index (χ3v) is 9.26. The highest BCUT2D eigenvalue weighted by Crippen LogP contribution is 2.47. The summed E-state index contributed by atoms with van der Waals surface area (Å²) in [6.45, 7) is 6.39. The van der Waals surface area contributed by atoms with Crippen LogP contribution in [0.3, 0.4) is 0 Å². The predicted molar refractivity (Wildman–Crippen MR) is 169 cm³/mol. The van der Waals surface area contributed by atoms with Crippen molar-refractivity contribution in [2.45, 2.75) is 30.9 Å². The van der Waals surface area contributed by atoms with Crippen molar-refractivity contribution >= 4 is 52.3 Å². The smallest absolute Gasteiger partial charge is 0.334 e. The average Bonchev–Trinajstić information content (AvgIpc) is 3.53. The topological polar surface area (TPSA) is 128 Å². The van der Waals surface area contributed by atoms with Crippen molar-refractivity contribution < 1.29 is 19.5 Å². The number of nitro groups is 2. The van der Waals surface area contributed by atoms with E-state index in [0.717, 1.165) is 15.6 Å². The number of carbonyl (C=O) groups is 1. The fourth-order valence-electron chi connectivity index (χ4n) is 4.89. The van der Waals surface area contributed by atoms with Gasteiger partial charge in [0.15, 0.2) is 0 Å². The van der Waals surface area contributed by atoms with E-state index in [4.69, 9.17) is 4.84 Å². The van der Waals surface area contributed by atoms with Crippen molar-refractivity contribution in [1.82, 2.24) is 0 Å². The van der Waals surface area contributed by atoms with Crippen LogP contribution in [0, 0.1) is 25.6 Å². The van der Waals surface area contributed by atoms with E-state index in [1.54, 1.807) is 54.2 Å². The maximum atomic E-state index is 12.4. The van der Waals surface area contributed by atoms with E-state index in [9.17, 15) is 25.0 Å². The molecule has 3 aromatic rings. The first-order valence-corrected chi connectivity index (χ1v) is 15.3. The standard InChI is InChI=1S/C31H28N4O6S2/c1-31(2,3)29-22(30(36)41-32-29)16-17-27-33(25-14-8-9-15-26(25)43-27)18-19-42-28(20-10-4-6-12-23(20)34(37)38)21-11-5-7-13-24(21)35(39)40/h4-17,28H,18-19H2,1-3H3. The van der Waals surface area contributed by atoms with Gasteiger partial charge in [0, 0.05) is 45.9 Å². The number of thioether (sulfide) groups is 2. The van der Waals surface area contributed by atoms with Gasteiger partial charge >= 0.3 is 5.97 Å². The van der Waals surface area contributed by atoms with Crippen LogP contribution in [0.5, 0.6) is 0 Å². The van der Waals surface area contributed by atoms with Crippen molar-refractivity contribution in [3.8, 4) is 0 Å². The highest BCUT2D eigenvalue weighted by molar-refractivity contribution is 8.03. The number of anilines is 1. The molecule has 43 heavy (non-hydrogen) atoms. The fourth-order valence-corrected chi connectivity index (χ4v) is 7.26. The lowest BCUT2D eigenvalue weighted by Crippen LogP contribution is -2.23. The minimum absolute atomic E-state index is 0.0906. The van der Waals surface area contributed by atoms with Crippen LogP contribution in [-0.2, 0) is 9.63 Å². The lowest BCUT2D eigenvalue weighted by Gasteiger charge is -2.23. The summed E-state index contributed by atoms with van der Waals surface area (Å²) in [6.07, 6.45) is 3.61. The molecule has 0 atom stereocenters. The first kappa shape index (κ1) is 30.1. The fraction of sp³-hybridized carbons (Fsp3) is 0.226. The second kappa shape index (κ2) is 12.4. The molecule has 5 rings (SSSR count). The molecule has 12 heteroatoms. The molecule has 0 radical (unpaired) electrons. The molecular weight excluding hydrogens is 588 g/mol. The largest absolute Gasteiger partial charge is 0.367 e. The number of fused-ring (bicyclic) bond motifs is 1. The molecule has 10 nitrogen and oxygen atoms in total. The van der Waals surface area contributed by atoms with Gasteiger partial charge in [-0.2, -0.15) is 0 Å². The van der Waals surface area contributed by atoms with Crippen molar-refractivity contribution in [2.24, 2.45) is 10.6 Å². The monoisotopic (exact) mass is 616 g/mol. The first-order valence-electron chi connectivity index (χ1n) is 13.4. The summed E-state index contributed by atoms with van der Waals surface area (Å²) in [6, 6.07) is 20.7. The minimum atomic E-state index is -0.651. The van der Waals surface area contributed by atoms with Crippen molar-refractivity contribution in [2.75, 3.05) is 17.2 Å². The van der Waals surface area contributed by atoms with Gasteiger partial charge in [0.2, 0.25) is 0 Å². The molecule has 0 fully saturated rings. The van der Waals surface area contributed by atoms with Crippen LogP contribution >= 0.6 is 23.5 Å². The molecule has 0 aliphatic carbocycles. The van der Waals surface area contributed by atoms with E-state index >= 15 is 0 Å². The number of allylic oxidation sites excluding steroid dienone is 2. The van der Waals surface area contributed by atoms with Gasteiger partial charge in [0.05, 0.1) is 31.4 Å². The Labute approximate surface area is 256 Å². The van der Waals surface area contributed by atoms with Crippen LogP contribution < -0.4 is 4.90 Å². The normalized spacial score (nSPS) is 16.5. The third kappa shape index (κ3) is 6.35. The number of hydrogen-bond acceptors (Lipinski definition) is 10. The number of rotatable bonds is 9. The predicted octanol–water partition coefficient (Wildman–Crippen LogP) is 7.66. The van der Waals surface area contributed by atoms with Gasteiger partial charge in [-0.1, -0.05) is 86.2 Å². The molecule has 0 N–H and O–H groups in total. The Bertz CT molecular complexity index is 1640. The lowest BCUT2D eigenvalue weighted by atomic mass is 9.85. The summed E-state index contributed by atoms with van der Waals surface area (Å²) in [5.41, 5.74) is 2.21. The number of oxime groups is 1. The Balaban J connectivity index is 1.47. The number of hydrogen-bond donors (Lipinski definition) is 0. The SMILES string of the molecule is CC(C)(C)C1=NOC(=O)C1=CC=C1Sc2ccccc2N1CCSC(c1ccccc1[N+](=O)[O-])c1ccccc1[N+](=O)[O-]. The van der Waals surface area contributed by atoms with Crippen LogP contribution in [-0.4, -0.2) is 33.8 Å². The van der Waals surface area contributed by atoms with Gasteiger partial charge in [-0.3, -0.25) is 20.2 Å². The molecule has 0 bridgehead atoms. The molecular formula is C31H28N4O6S2. The van der Waals surface area contributed by atoms with Crippen molar-refractivity contribution in [1.29, 1.82) is 0 Å². The number of nitrogens with zero attached hydrogens (tertiary/aromatic N) is 4. The highest BCUT2D eigenvalue weighted by atomic mass is 32.2. The minimum Gasteiger partial charge on any atom is -0.334 e. The van der Waals surface area contributed by atoms with Gasteiger partial charge in [-0.05, 0) is 24.3 Å². The van der Waals surface area contributed by atoms with Crippen LogP contribution in [0.1, 0.15) is 37.1 Å². The Kier molecular flexibility index (Phi) is 8.69. The zero-order chi connectivity index (χ0) is 30.7. The van der Waals surface area contributed by atoms with Crippen LogP contribution in [0.2, 0.25) is 0 Å². The first-order chi connectivity index (χ1) is 20.6. The van der Waals surface area contributed by atoms with Crippen LogP contribution in [0.15, 0.2) is 106 Å². The Morgan fingerprint density at radius 2 is 1.51 bits per heavy atom. The van der Waals surface area contributed by atoms with Gasteiger partial charge in [0.25, 0.3) is 11.4 Å². The molecule has 2 aliphatic heterocycles. The number of para-hydroxylation sites is 3. The molecule has 2 aliphatic rings.